The van der Waals surface area contributed by atoms with Gasteiger partial charge < -0.3 is 9.26 Å². The highest BCUT2D eigenvalue weighted by Gasteiger charge is 2.24. The second-order valence-corrected chi connectivity index (χ2v) is 9.02. The van der Waals surface area contributed by atoms with E-state index in [1.807, 2.05) is 17.5 Å². The van der Waals surface area contributed by atoms with Crippen molar-refractivity contribution in [2.75, 3.05) is 13.1 Å². The van der Waals surface area contributed by atoms with Gasteiger partial charge in [-0.15, -0.1) is 11.3 Å². The molecule has 0 aliphatic carbocycles. The van der Waals surface area contributed by atoms with Gasteiger partial charge >= 0.3 is 5.97 Å². The van der Waals surface area contributed by atoms with Gasteiger partial charge in [0.2, 0.25) is 15.8 Å². The lowest BCUT2D eigenvalue weighted by atomic mass is 10.1. The zero-order chi connectivity index (χ0) is 21.0. The SMILES string of the molecule is CCN(CC)S(=O)(=O)c1ccc(C)c(C(=O)OCc2nc(-c3cccs3)no2)c1. The topological polar surface area (TPSA) is 103 Å². The first kappa shape index (κ1) is 21.2. The van der Waals surface area contributed by atoms with E-state index in [1.54, 1.807) is 26.8 Å². The van der Waals surface area contributed by atoms with Crippen LogP contribution in [0.15, 0.2) is 45.1 Å². The third-order valence-electron chi connectivity index (χ3n) is 4.31. The largest absolute Gasteiger partial charge is 0.452 e. The van der Waals surface area contributed by atoms with Gasteiger partial charge in [0.1, 0.15) is 0 Å². The summed E-state index contributed by atoms with van der Waals surface area (Å²) in [6, 6.07) is 8.16. The number of aryl methyl sites for hydroxylation is 1. The Balaban J connectivity index is 1.76. The first-order valence-electron chi connectivity index (χ1n) is 9.01. The molecule has 0 atom stereocenters. The Morgan fingerprint density at radius 2 is 2.00 bits per heavy atom. The summed E-state index contributed by atoms with van der Waals surface area (Å²) in [5.41, 5.74) is 0.787. The fourth-order valence-electron chi connectivity index (χ4n) is 2.72. The van der Waals surface area contributed by atoms with Crippen molar-refractivity contribution < 1.29 is 22.5 Å². The van der Waals surface area contributed by atoms with Crippen molar-refractivity contribution >= 4 is 27.3 Å². The van der Waals surface area contributed by atoms with Crippen LogP contribution in [0, 0.1) is 6.92 Å². The Kier molecular flexibility index (Phi) is 6.46. The van der Waals surface area contributed by atoms with Crippen molar-refractivity contribution in [3.8, 4) is 10.7 Å². The summed E-state index contributed by atoms with van der Waals surface area (Å²) in [5, 5.41) is 5.76. The van der Waals surface area contributed by atoms with Gasteiger partial charge in [-0.05, 0) is 36.1 Å². The van der Waals surface area contributed by atoms with E-state index in [0.717, 1.165) is 4.88 Å². The minimum absolute atomic E-state index is 0.0523. The number of nitrogens with zero attached hydrogens (tertiary/aromatic N) is 3. The summed E-state index contributed by atoms with van der Waals surface area (Å²) in [5.74, 6) is -0.0733. The van der Waals surface area contributed by atoms with Gasteiger partial charge in [-0.2, -0.15) is 9.29 Å². The maximum absolute atomic E-state index is 12.7. The van der Waals surface area contributed by atoms with Gasteiger partial charge in [0.15, 0.2) is 6.61 Å². The Labute approximate surface area is 173 Å². The molecule has 29 heavy (non-hydrogen) atoms. The van der Waals surface area contributed by atoms with Crippen LogP contribution < -0.4 is 0 Å². The van der Waals surface area contributed by atoms with Crippen LogP contribution in [0.25, 0.3) is 10.7 Å². The number of carbonyl (C=O) groups excluding carboxylic acids is 1. The number of ether oxygens (including phenoxy) is 1. The predicted octanol–water partition coefficient (Wildman–Crippen LogP) is 3.49. The summed E-state index contributed by atoms with van der Waals surface area (Å²) < 4.78 is 37.1. The lowest BCUT2D eigenvalue weighted by molar-refractivity contribution is 0.0428. The van der Waals surface area contributed by atoms with E-state index < -0.39 is 16.0 Å². The van der Waals surface area contributed by atoms with Crippen LogP contribution in [0.5, 0.6) is 0 Å². The highest BCUT2D eigenvalue weighted by molar-refractivity contribution is 7.89. The summed E-state index contributed by atoms with van der Waals surface area (Å²) in [6.07, 6.45) is 0. The summed E-state index contributed by atoms with van der Waals surface area (Å²) in [6.45, 7) is 5.72. The van der Waals surface area contributed by atoms with E-state index in [0.29, 0.717) is 24.5 Å². The number of sulfonamides is 1. The van der Waals surface area contributed by atoms with E-state index in [4.69, 9.17) is 9.26 Å². The van der Waals surface area contributed by atoms with Gasteiger partial charge in [0, 0.05) is 13.1 Å². The van der Waals surface area contributed by atoms with Crippen LogP contribution in [-0.2, 0) is 21.4 Å². The lowest BCUT2D eigenvalue weighted by Crippen LogP contribution is -2.30. The van der Waals surface area contributed by atoms with Gasteiger partial charge in [0.05, 0.1) is 15.3 Å². The van der Waals surface area contributed by atoms with E-state index >= 15 is 0 Å². The molecule has 0 saturated carbocycles. The molecule has 2 heterocycles. The standard InChI is InChI=1S/C19H21N3O5S2/c1-4-22(5-2)29(24,25)14-9-8-13(3)15(11-14)19(23)26-12-17-20-18(21-27-17)16-7-6-10-28-16/h6-11H,4-5,12H2,1-3H3. The minimum Gasteiger partial charge on any atom is -0.452 e. The van der Waals surface area contributed by atoms with E-state index in [9.17, 15) is 13.2 Å². The molecular weight excluding hydrogens is 414 g/mol. The monoisotopic (exact) mass is 435 g/mol. The molecule has 0 unspecified atom stereocenters. The van der Waals surface area contributed by atoms with Crippen LogP contribution in [0.4, 0.5) is 0 Å². The maximum Gasteiger partial charge on any atom is 0.338 e. The molecule has 3 rings (SSSR count). The molecule has 0 N–H and O–H groups in total. The van der Waals surface area contributed by atoms with Crippen molar-refractivity contribution in [3.05, 3.63) is 52.7 Å². The molecule has 0 aliphatic rings. The quantitative estimate of drug-likeness (QED) is 0.499. The molecule has 3 aromatic rings. The molecule has 0 saturated heterocycles. The fourth-order valence-corrected chi connectivity index (χ4v) is 4.85. The Hall–Kier alpha value is -2.56. The molecule has 0 radical (unpaired) electrons. The predicted molar refractivity (Wildman–Crippen MR) is 108 cm³/mol. The molecule has 0 spiro atoms. The number of thiophene rings is 1. The number of hydrogen-bond acceptors (Lipinski definition) is 8. The van der Waals surface area contributed by atoms with Crippen molar-refractivity contribution in [1.29, 1.82) is 0 Å². The van der Waals surface area contributed by atoms with Crippen LogP contribution in [0.3, 0.4) is 0 Å². The average molecular weight is 436 g/mol. The Morgan fingerprint density at radius 1 is 1.24 bits per heavy atom. The first-order chi connectivity index (χ1) is 13.9. The summed E-state index contributed by atoms with van der Waals surface area (Å²) >= 11 is 1.47. The third-order valence-corrected chi connectivity index (χ3v) is 7.22. The molecule has 10 heteroatoms. The van der Waals surface area contributed by atoms with Crippen molar-refractivity contribution in [1.82, 2.24) is 14.4 Å². The zero-order valence-electron chi connectivity index (χ0n) is 16.3. The van der Waals surface area contributed by atoms with Crippen molar-refractivity contribution in [3.63, 3.8) is 0 Å². The molecule has 0 aliphatic heterocycles. The molecule has 0 amide bonds. The third kappa shape index (κ3) is 4.55. The lowest BCUT2D eigenvalue weighted by Gasteiger charge is -2.19. The number of aromatic nitrogens is 2. The summed E-state index contributed by atoms with van der Waals surface area (Å²) in [7, 11) is -3.68. The van der Waals surface area contributed by atoms with Crippen molar-refractivity contribution in [2.24, 2.45) is 0 Å². The number of hydrogen-bond donors (Lipinski definition) is 0. The van der Waals surface area contributed by atoms with Crippen LogP contribution in [-0.4, -0.2) is 41.9 Å². The summed E-state index contributed by atoms with van der Waals surface area (Å²) in [4.78, 5) is 17.6. The Bertz CT molecular complexity index is 1090. The fraction of sp³-hybridized carbons (Fsp3) is 0.316. The van der Waals surface area contributed by atoms with E-state index in [2.05, 4.69) is 10.1 Å². The van der Waals surface area contributed by atoms with Gasteiger partial charge in [0.25, 0.3) is 5.89 Å². The Morgan fingerprint density at radius 3 is 2.66 bits per heavy atom. The first-order valence-corrected chi connectivity index (χ1v) is 11.3. The minimum atomic E-state index is -3.68. The van der Waals surface area contributed by atoms with Crippen LogP contribution in [0.1, 0.15) is 35.7 Å². The number of benzene rings is 1. The molecule has 0 bridgehead atoms. The highest BCUT2D eigenvalue weighted by atomic mass is 32.2. The molecule has 2 aromatic heterocycles. The molecule has 154 valence electrons. The second-order valence-electron chi connectivity index (χ2n) is 6.13. The van der Waals surface area contributed by atoms with E-state index in [-0.39, 0.29) is 23.0 Å². The zero-order valence-corrected chi connectivity index (χ0v) is 17.9. The van der Waals surface area contributed by atoms with Crippen molar-refractivity contribution in [2.45, 2.75) is 32.3 Å². The molecule has 1 aromatic carbocycles. The highest BCUT2D eigenvalue weighted by Crippen LogP contribution is 2.23. The van der Waals surface area contributed by atoms with Crippen LogP contribution >= 0.6 is 11.3 Å². The van der Waals surface area contributed by atoms with E-state index in [1.165, 1.54) is 27.8 Å². The maximum atomic E-state index is 12.7. The number of carbonyl (C=O) groups is 1. The van der Waals surface area contributed by atoms with Gasteiger partial charge in [-0.1, -0.05) is 31.1 Å². The molecule has 8 nitrogen and oxygen atoms in total. The molecule has 0 fully saturated rings. The van der Waals surface area contributed by atoms with Gasteiger partial charge in [-0.25, -0.2) is 13.2 Å². The average Bonchev–Trinajstić information content (AvgIpc) is 3.38. The smallest absolute Gasteiger partial charge is 0.338 e. The van der Waals surface area contributed by atoms with Gasteiger partial charge in [-0.3, -0.25) is 0 Å². The normalized spacial score (nSPS) is 11.7. The molecular formula is C19H21N3O5S2. The number of rotatable bonds is 8. The van der Waals surface area contributed by atoms with Crippen LogP contribution in [0.2, 0.25) is 0 Å². The second kappa shape index (κ2) is 8.85. The number of esters is 1.